The second-order valence-electron chi connectivity index (χ2n) is 6.78. The number of urea groups is 1. The number of aromatic nitrogens is 3. The topological polar surface area (TPSA) is 106 Å². The second kappa shape index (κ2) is 6.71. The highest BCUT2D eigenvalue weighted by Crippen LogP contribution is 2.27. The number of primary amides is 1. The molecule has 3 N–H and O–H groups in total. The molecule has 138 valence electrons. The standard InChI is InChI=1S/C17H22N6O2S/c1-22-12-6-7-23(9-10(12)15(21-22)16(18)24)17(25)19-8-14-20-11-4-2-3-5-13(11)26-14/h2-9H2,1H3,(H2,18,24)(H,19,25). The van der Waals surface area contributed by atoms with Gasteiger partial charge in [0, 0.05) is 36.1 Å². The molecule has 1 aliphatic carbocycles. The minimum Gasteiger partial charge on any atom is -0.364 e. The van der Waals surface area contributed by atoms with Gasteiger partial charge in [-0.1, -0.05) is 0 Å². The zero-order valence-electron chi connectivity index (χ0n) is 14.7. The number of hydrogen-bond donors (Lipinski definition) is 2. The van der Waals surface area contributed by atoms with Gasteiger partial charge < -0.3 is 16.0 Å². The number of nitrogens with two attached hydrogens (primary N) is 1. The molecule has 0 bridgehead atoms. The Morgan fingerprint density at radius 1 is 1.27 bits per heavy atom. The number of carbonyl (C=O) groups is 2. The van der Waals surface area contributed by atoms with Gasteiger partial charge in [-0.3, -0.25) is 9.48 Å². The first-order valence-corrected chi connectivity index (χ1v) is 9.69. The molecule has 0 saturated carbocycles. The van der Waals surface area contributed by atoms with E-state index in [1.807, 2.05) is 0 Å². The van der Waals surface area contributed by atoms with E-state index in [-0.39, 0.29) is 11.7 Å². The molecule has 0 fully saturated rings. The van der Waals surface area contributed by atoms with Gasteiger partial charge in [-0.25, -0.2) is 9.78 Å². The lowest BCUT2D eigenvalue weighted by molar-refractivity contribution is 0.0992. The molecule has 3 heterocycles. The second-order valence-corrected chi connectivity index (χ2v) is 7.94. The number of hydrogen-bond acceptors (Lipinski definition) is 5. The van der Waals surface area contributed by atoms with Crippen LogP contribution in [0.15, 0.2) is 0 Å². The Hall–Kier alpha value is -2.42. The minimum atomic E-state index is -0.558. The van der Waals surface area contributed by atoms with Crippen molar-refractivity contribution in [2.75, 3.05) is 6.54 Å². The Labute approximate surface area is 155 Å². The van der Waals surface area contributed by atoms with Gasteiger partial charge in [-0.15, -0.1) is 11.3 Å². The summed E-state index contributed by atoms with van der Waals surface area (Å²) < 4.78 is 1.69. The van der Waals surface area contributed by atoms with Gasteiger partial charge in [-0.2, -0.15) is 5.10 Å². The lowest BCUT2D eigenvalue weighted by Gasteiger charge is -2.27. The van der Waals surface area contributed by atoms with Crippen molar-refractivity contribution in [3.63, 3.8) is 0 Å². The van der Waals surface area contributed by atoms with Gasteiger partial charge >= 0.3 is 6.03 Å². The predicted molar refractivity (Wildman–Crippen MR) is 96.8 cm³/mol. The van der Waals surface area contributed by atoms with Crippen molar-refractivity contribution in [3.05, 3.63) is 32.5 Å². The summed E-state index contributed by atoms with van der Waals surface area (Å²) in [5.74, 6) is -0.558. The number of nitrogens with zero attached hydrogens (tertiary/aromatic N) is 4. The summed E-state index contributed by atoms with van der Waals surface area (Å²) in [5.41, 5.74) is 8.60. The van der Waals surface area contributed by atoms with Crippen LogP contribution >= 0.6 is 11.3 Å². The molecule has 0 unspecified atom stereocenters. The van der Waals surface area contributed by atoms with E-state index in [1.54, 1.807) is 28.0 Å². The van der Waals surface area contributed by atoms with Gasteiger partial charge in [0.25, 0.3) is 5.91 Å². The third-order valence-electron chi connectivity index (χ3n) is 5.04. The van der Waals surface area contributed by atoms with Gasteiger partial charge in [0.15, 0.2) is 5.69 Å². The highest BCUT2D eigenvalue weighted by molar-refractivity contribution is 7.11. The van der Waals surface area contributed by atoms with Gasteiger partial charge in [0.1, 0.15) is 5.01 Å². The molecule has 2 aromatic rings. The van der Waals surface area contributed by atoms with Crippen LogP contribution in [-0.4, -0.2) is 38.1 Å². The largest absolute Gasteiger partial charge is 0.364 e. The minimum absolute atomic E-state index is 0.150. The fourth-order valence-corrected chi connectivity index (χ4v) is 4.80. The predicted octanol–water partition coefficient (Wildman–Crippen LogP) is 1.12. The van der Waals surface area contributed by atoms with Crippen molar-refractivity contribution >= 4 is 23.3 Å². The molecule has 2 aromatic heterocycles. The summed E-state index contributed by atoms with van der Waals surface area (Å²) in [6, 6.07) is -0.150. The van der Waals surface area contributed by atoms with E-state index in [9.17, 15) is 9.59 Å². The van der Waals surface area contributed by atoms with Crippen LogP contribution in [0.3, 0.4) is 0 Å². The average molecular weight is 374 g/mol. The van der Waals surface area contributed by atoms with Crippen LogP contribution in [0.1, 0.15) is 50.2 Å². The summed E-state index contributed by atoms with van der Waals surface area (Å²) in [6.45, 7) is 1.38. The van der Waals surface area contributed by atoms with E-state index < -0.39 is 5.91 Å². The Balaban J connectivity index is 1.41. The van der Waals surface area contributed by atoms with Crippen LogP contribution in [-0.2, 0) is 39.4 Å². The average Bonchev–Trinajstić information content (AvgIpc) is 3.20. The van der Waals surface area contributed by atoms with E-state index in [4.69, 9.17) is 5.73 Å². The van der Waals surface area contributed by atoms with Gasteiger partial charge in [0.2, 0.25) is 0 Å². The SMILES string of the molecule is Cn1nc(C(N)=O)c2c1CCN(C(=O)NCc1nc3c(s1)CCCC3)C2. The van der Waals surface area contributed by atoms with E-state index in [0.717, 1.165) is 29.1 Å². The molecule has 9 heteroatoms. The number of fused-ring (bicyclic) bond motifs is 2. The summed E-state index contributed by atoms with van der Waals surface area (Å²) in [5, 5.41) is 8.11. The van der Waals surface area contributed by atoms with Gasteiger partial charge in [0.05, 0.1) is 18.8 Å². The zero-order chi connectivity index (χ0) is 18.3. The monoisotopic (exact) mass is 374 g/mol. The first-order chi connectivity index (χ1) is 12.5. The first-order valence-electron chi connectivity index (χ1n) is 8.87. The zero-order valence-corrected chi connectivity index (χ0v) is 15.6. The molecule has 0 radical (unpaired) electrons. The van der Waals surface area contributed by atoms with E-state index >= 15 is 0 Å². The molecule has 3 amide bonds. The molecule has 0 saturated heterocycles. The molecule has 4 rings (SSSR count). The number of aryl methyl sites for hydroxylation is 3. The quantitative estimate of drug-likeness (QED) is 0.840. The maximum absolute atomic E-state index is 12.6. The molecular formula is C17H22N6O2S. The first kappa shape index (κ1) is 17.0. The van der Waals surface area contributed by atoms with Crippen molar-refractivity contribution in [2.45, 2.75) is 45.2 Å². The normalized spacial score (nSPS) is 16.1. The molecule has 0 atom stereocenters. The van der Waals surface area contributed by atoms with Crippen molar-refractivity contribution in [1.82, 2.24) is 25.0 Å². The van der Waals surface area contributed by atoms with E-state index in [0.29, 0.717) is 26.1 Å². The fraction of sp³-hybridized carbons (Fsp3) is 0.529. The van der Waals surface area contributed by atoms with Crippen molar-refractivity contribution in [3.8, 4) is 0 Å². The van der Waals surface area contributed by atoms with Crippen LogP contribution in [0.2, 0.25) is 0 Å². The lowest BCUT2D eigenvalue weighted by Crippen LogP contribution is -2.43. The molecule has 26 heavy (non-hydrogen) atoms. The maximum atomic E-state index is 12.6. The summed E-state index contributed by atoms with van der Waals surface area (Å²) in [7, 11) is 1.80. The number of amides is 3. The van der Waals surface area contributed by atoms with Gasteiger partial charge in [-0.05, 0) is 25.7 Å². The molecule has 0 spiro atoms. The van der Waals surface area contributed by atoms with Crippen LogP contribution in [0.25, 0.3) is 0 Å². The number of carbonyl (C=O) groups excluding carboxylic acids is 2. The van der Waals surface area contributed by atoms with Crippen molar-refractivity contribution in [1.29, 1.82) is 0 Å². The van der Waals surface area contributed by atoms with E-state index in [1.165, 1.54) is 23.4 Å². The summed E-state index contributed by atoms with van der Waals surface area (Å²) in [6.07, 6.45) is 5.24. The Morgan fingerprint density at radius 2 is 2.08 bits per heavy atom. The highest BCUT2D eigenvalue weighted by atomic mass is 32.1. The highest BCUT2D eigenvalue weighted by Gasteiger charge is 2.28. The lowest BCUT2D eigenvalue weighted by atomic mass is 10.0. The molecule has 8 nitrogen and oxygen atoms in total. The van der Waals surface area contributed by atoms with Crippen LogP contribution < -0.4 is 11.1 Å². The fourth-order valence-electron chi connectivity index (χ4n) is 3.71. The molecular weight excluding hydrogens is 352 g/mol. The number of nitrogens with one attached hydrogen (secondary N) is 1. The Morgan fingerprint density at radius 3 is 2.85 bits per heavy atom. The maximum Gasteiger partial charge on any atom is 0.318 e. The summed E-state index contributed by atoms with van der Waals surface area (Å²) in [4.78, 5) is 31.9. The van der Waals surface area contributed by atoms with Crippen molar-refractivity contribution < 1.29 is 9.59 Å². The summed E-state index contributed by atoms with van der Waals surface area (Å²) >= 11 is 1.70. The van der Waals surface area contributed by atoms with Crippen LogP contribution in [0.4, 0.5) is 4.79 Å². The Bertz CT molecular complexity index is 847. The molecule has 0 aromatic carbocycles. The molecule has 2 aliphatic rings. The number of thiazole rings is 1. The number of rotatable bonds is 3. The third-order valence-corrected chi connectivity index (χ3v) is 6.20. The smallest absolute Gasteiger partial charge is 0.318 e. The van der Waals surface area contributed by atoms with E-state index in [2.05, 4.69) is 15.4 Å². The van der Waals surface area contributed by atoms with Crippen LogP contribution in [0.5, 0.6) is 0 Å². The molecule has 1 aliphatic heterocycles. The van der Waals surface area contributed by atoms with Crippen LogP contribution in [0, 0.1) is 0 Å². The Kier molecular flexibility index (Phi) is 4.39. The van der Waals surface area contributed by atoms with Crippen molar-refractivity contribution in [2.24, 2.45) is 12.8 Å². The third kappa shape index (κ3) is 3.07.